The Bertz CT molecular complexity index is 391. The molecule has 0 spiro atoms. The average Bonchev–Trinajstić information content (AvgIpc) is 2.01. The van der Waals surface area contributed by atoms with Crippen molar-refractivity contribution in [3.63, 3.8) is 0 Å². The van der Waals surface area contributed by atoms with Gasteiger partial charge in [-0.1, -0.05) is 17.7 Å². The molecule has 1 aromatic carbocycles. The third-order valence-electron chi connectivity index (χ3n) is 1.59. The molecule has 0 unspecified atom stereocenters. The van der Waals surface area contributed by atoms with E-state index in [0.29, 0.717) is 0 Å². The van der Waals surface area contributed by atoms with Crippen LogP contribution < -0.4 is 5.11 Å². The lowest BCUT2D eigenvalue weighted by Crippen LogP contribution is -2.24. The van der Waals surface area contributed by atoms with Crippen LogP contribution in [0, 0.1) is 10.1 Å². The van der Waals surface area contributed by atoms with Gasteiger partial charge >= 0.3 is 0 Å². The molecule has 0 aliphatic carbocycles. The fourth-order valence-electron chi connectivity index (χ4n) is 1.03. The van der Waals surface area contributed by atoms with E-state index in [0.717, 1.165) is 0 Å². The molecule has 0 bridgehead atoms. The van der Waals surface area contributed by atoms with Crippen LogP contribution in [0.4, 0.5) is 0 Å². The minimum Gasteiger partial charge on any atom is -0.545 e. The highest BCUT2D eigenvalue weighted by Crippen LogP contribution is 2.16. The molecule has 0 fully saturated rings. The minimum atomic E-state index is -1.45. The third-order valence-corrected chi connectivity index (χ3v) is 1.82. The summed E-state index contributed by atoms with van der Waals surface area (Å²) >= 11 is 5.57. The molecular formula is C8H5ClNO4-. The van der Waals surface area contributed by atoms with Gasteiger partial charge in [0, 0.05) is 21.1 Å². The van der Waals surface area contributed by atoms with Crippen LogP contribution in [0.2, 0.25) is 5.02 Å². The first-order chi connectivity index (χ1) is 6.50. The highest BCUT2D eigenvalue weighted by atomic mass is 35.5. The molecule has 0 atom stereocenters. The zero-order chi connectivity index (χ0) is 10.7. The molecule has 0 saturated heterocycles. The first-order valence-electron chi connectivity index (χ1n) is 3.62. The molecule has 0 saturated carbocycles. The standard InChI is InChI=1S/C8H6ClNO4/c9-6-1-2-7(8(11)12)5(3-6)4-10(13)14/h1-3H,4H2,(H,11,12)/p-1. The van der Waals surface area contributed by atoms with Crippen LogP contribution in [0.3, 0.4) is 0 Å². The van der Waals surface area contributed by atoms with Gasteiger partial charge in [0.05, 0.1) is 5.97 Å². The Kier molecular flexibility index (Phi) is 3.03. The van der Waals surface area contributed by atoms with Gasteiger partial charge in [-0.2, -0.15) is 0 Å². The van der Waals surface area contributed by atoms with Crippen molar-refractivity contribution < 1.29 is 14.8 Å². The van der Waals surface area contributed by atoms with Gasteiger partial charge in [0.25, 0.3) is 0 Å². The van der Waals surface area contributed by atoms with Crippen LogP contribution in [0.15, 0.2) is 18.2 Å². The number of carboxylic acids is 1. The Hall–Kier alpha value is -1.62. The van der Waals surface area contributed by atoms with Crippen molar-refractivity contribution in [3.8, 4) is 0 Å². The average molecular weight is 215 g/mol. The first-order valence-corrected chi connectivity index (χ1v) is 4.00. The van der Waals surface area contributed by atoms with Crippen LogP contribution in [-0.2, 0) is 6.54 Å². The van der Waals surface area contributed by atoms with E-state index in [1.54, 1.807) is 0 Å². The van der Waals surface area contributed by atoms with Gasteiger partial charge in [-0.15, -0.1) is 0 Å². The number of rotatable bonds is 3. The molecular weight excluding hydrogens is 210 g/mol. The van der Waals surface area contributed by atoms with E-state index in [1.807, 2.05) is 0 Å². The maximum absolute atomic E-state index is 10.5. The van der Waals surface area contributed by atoms with E-state index in [-0.39, 0.29) is 16.1 Å². The zero-order valence-electron chi connectivity index (χ0n) is 6.90. The molecule has 1 aromatic rings. The third kappa shape index (κ3) is 2.43. The van der Waals surface area contributed by atoms with Crippen LogP contribution in [0.5, 0.6) is 0 Å². The van der Waals surface area contributed by atoms with Gasteiger partial charge in [0.15, 0.2) is 0 Å². The molecule has 0 aliphatic heterocycles. The van der Waals surface area contributed by atoms with E-state index in [2.05, 4.69) is 0 Å². The number of aromatic carboxylic acids is 1. The van der Waals surface area contributed by atoms with E-state index < -0.39 is 17.4 Å². The number of hydrogen-bond acceptors (Lipinski definition) is 4. The van der Waals surface area contributed by atoms with Crippen molar-refractivity contribution >= 4 is 17.6 Å². The van der Waals surface area contributed by atoms with Crippen LogP contribution in [-0.4, -0.2) is 10.9 Å². The Morgan fingerprint density at radius 3 is 2.64 bits per heavy atom. The number of carboxylic acid groups (broad SMARTS) is 1. The quantitative estimate of drug-likeness (QED) is 0.541. The van der Waals surface area contributed by atoms with Crippen molar-refractivity contribution in [1.29, 1.82) is 0 Å². The fourth-order valence-corrected chi connectivity index (χ4v) is 1.23. The van der Waals surface area contributed by atoms with Crippen molar-refractivity contribution in [2.24, 2.45) is 0 Å². The number of carbonyl (C=O) groups is 1. The molecule has 0 radical (unpaired) electrons. The summed E-state index contributed by atoms with van der Waals surface area (Å²) in [7, 11) is 0. The molecule has 0 aliphatic rings. The molecule has 6 heteroatoms. The Morgan fingerprint density at radius 1 is 1.50 bits per heavy atom. The van der Waals surface area contributed by atoms with E-state index in [9.17, 15) is 20.0 Å². The SMILES string of the molecule is O=C([O-])c1ccc(Cl)cc1C[N+](=O)[O-]. The summed E-state index contributed by atoms with van der Waals surface area (Å²) in [6, 6.07) is 3.78. The molecule has 0 heterocycles. The summed E-state index contributed by atoms with van der Waals surface area (Å²) in [5, 5.41) is 21.0. The zero-order valence-corrected chi connectivity index (χ0v) is 7.65. The molecule has 0 aromatic heterocycles. The van der Waals surface area contributed by atoms with Crippen LogP contribution in [0.25, 0.3) is 0 Å². The summed E-state index contributed by atoms with van der Waals surface area (Å²) in [5.74, 6) is -1.45. The second-order valence-corrected chi connectivity index (χ2v) is 3.02. The van der Waals surface area contributed by atoms with Gasteiger partial charge in [-0.25, -0.2) is 0 Å². The predicted molar refractivity (Wildman–Crippen MR) is 46.5 cm³/mol. The van der Waals surface area contributed by atoms with E-state index >= 15 is 0 Å². The second kappa shape index (κ2) is 4.06. The number of benzene rings is 1. The predicted octanol–water partition coefficient (Wildman–Crippen LogP) is 0.480. The molecule has 14 heavy (non-hydrogen) atoms. The second-order valence-electron chi connectivity index (χ2n) is 2.58. The maximum Gasteiger partial charge on any atom is 0.229 e. The molecule has 74 valence electrons. The molecule has 1 rings (SSSR count). The lowest BCUT2D eigenvalue weighted by atomic mass is 10.1. The lowest BCUT2D eigenvalue weighted by molar-refractivity contribution is -0.496. The van der Waals surface area contributed by atoms with Gasteiger partial charge in [0.2, 0.25) is 6.54 Å². The Labute approximate surface area is 84.1 Å². The smallest absolute Gasteiger partial charge is 0.229 e. The van der Waals surface area contributed by atoms with Gasteiger partial charge in [-0.05, 0) is 12.1 Å². The van der Waals surface area contributed by atoms with E-state index in [1.165, 1.54) is 18.2 Å². The van der Waals surface area contributed by atoms with Crippen molar-refractivity contribution in [3.05, 3.63) is 44.5 Å². The summed E-state index contributed by atoms with van der Waals surface area (Å²) < 4.78 is 0. The van der Waals surface area contributed by atoms with Crippen LogP contribution >= 0.6 is 11.6 Å². The van der Waals surface area contributed by atoms with E-state index in [4.69, 9.17) is 11.6 Å². The Morgan fingerprint density at radius 2 is 2.14 bits per heavy atom. The summed E-state index contributed by atoms with van der Waals surface area (Å²) in [5.41, 5.74) is -0.159. The van der Waals surface area contributed by atoms with Gasteiger partial charge in [-0.3, -0.25) is 10.1 Å². The Balaban J connectivity index is 3.15. The highest BCUT2D eigenvalue weighted by molar-refractivity contribution is 6.30. The normalized spacial score (nSPS) is 9.79. The summed E-state index contributed by atoms with van der Waals surface area (Å²) in [6.07, 6.45) is 0. The fraction of sp³-hybridized carbons (Fsp3) is 0.125. The molecule has 0 N–H and O–H groups in total. The van der Waals surface area contributed by atoms with Crippen LogP contribution in [0.1, 0.15) is 15.9 Å². The monoisotopic (exact) mass is 214 g/mol. The van der Waals surface area contributed by atoms with Crippen molar-refractivity contribution in [2.45, 2.75) is 6.54 Å². The molecule has 0 amide bonds. The molecule has 5 nitrogen and oxygen atoms in total. The highest BCUT2D eigenvalue weighted by Gasteiger charge is 2.09. The maximum atomic E-state index is 10.5. The number of carbonyl (C=O) groups excluding carboxylic acids is 1. The lowest BCUT2D eigenvalue weighted by Gasteiger charge is -2.06. The number of halogens is 1. The summed E-state index contributed by atoms with van der Waals surface area (Å²) in [6.45, 7) is -0.579. The largest absolute Gasteiger partial charge is 0.545 e. The van der Waals surface area contributed by atoms with Crippen molar-refractivity contribution in [2.75, 3.05) is 0 Å². The number of nitrogens with zero attached hydrogens (tertiary/aromatic N) is 1. The van der Waals surface area contributed by atoms with Gasteiger partial charge in [0.1, 0.15) is 0 Å². The minimum absolute atomic E-state index is 0.0440. The van der Waals surface area contributed by atoms with Crippen molar-refractivity contribution in [1.82, 2.24) is 0 Å². The summed E-state index contributed by atoms with van der Waals surface area (Å²) in [4.78, 5) is 20.1. The first kappa shape index (κ1) is 10.5. The van der Waals surface area contributed by atoms with Gasteiger partial charge < -0.3 is 9.90 Å². The topological polar surface area (TPSA) is 83.3 Å². The number of hydrogen-bond donors (Lipinski definition) is 0. The number of nitro groups is 1.